The molecule has 1 aromatic carbocycles. The number of nitrogen functional groups attached to an aromatic ring is 1. The first-order chi connectivity index (χ1) is 17.5. The molecule has 1 unspecified atom stereocenters. The van der Waals surface area contributed by atoms with E-state index < -0.39 is 26.2 Å². The second-order valence-electron chi connectivity index (χ2n) is 9.25. The van der Waals surface area contributed by atoms with E-state index in [9.17, 15) is 9.46 Å². The average molecular weight is 537 g/mol. The van der Waals surface area contributed by atoms with Crippen molar-refractivity contribution in [3.8, 4) is 5.75 Å². The summed E-state index contributed by atoms with van der Waals surface area (Å²) in [6.45, 7) is 11.2. The molecule has 0 saturated carbocycles. The summed E-state index contributed by atoms with van der Waals surface area (Å²) in [5, 5.41) is 0. The van der Waals surface area contributed by atoms with Crippen molar-refractivity contribution in [1.29, 1.82) is 0 Å². The summed E-state index contributed by atoms with van der Waals surface area (Å²) < 4.78 is 40.1. The van der Waals surface area contributed by atoms with Crippen molar-refractivity contribution in [2.24, 2.45) is 0 Å². The highest BCUT2D eigenvalue weighted by Crippen LogP contribution is 2.48. The molecule has 0 saturated heterocycles. The van der Waals surface area contributed by atoms with Crippen LogP contribution in [0.15, 0.2) is 43.0 Å². The standard InChI is InChI=1S/C24H37N6O6P/c1-16(2)34-24(35-17(3)4)19(6)30(37(31,32)36-20-10-8-7-9-11-20)15-33-18(5)12-29-14-28-21-22(25)26-13-27-23(21)29/h7-11,13-14,16-19,24H,12,15H2,1-6H3,(H,31,32)(H2,25,26,27)/t18-,19+/m1/s1. The normalized spacial score (nSPS) is 15.5. The third-order valence-electron chi connectivity index (χ3n) is 5.34. The largest absolute Gasteiger partial charge is 0.461 e. The van der Waals surface area contributed by atoms with Crippen LogP contribution in [-0.2, 0) is 25.3 Å². The first-order valence-electron chi connectivity index (χ1n) is 12.2. The van der Waals surface area contributed by atoms with Gasteiger partial charge in [-0.2, -0.15) is 4.67 Å². The van der Waals surface area contributed by atoms with Crippen LogP contribution in [0.3, 0.4) is 0 Å². The zero-order chi connectivity index (χ0) is 27.2. The summed E-state index contributed by atoms with van der Waals surface area (Å²) in [7, 11) is -4.40. The number of benzene rings is 1. The topological polar surface area (TPSA) is 147 Å². The van der Waals surface area contributed by atoms with Crippen molar-refractivity contribution in [1.82, 2.24) is 24.2 Å². The van der Waals surface area contributed by atoms with Gasteiger partial charge >= 0.3 is 7.75 Å². The van der Waals surface area contributed by atoms with Gasteiger partial charge in [0.2, 0.25) is 0 Å². The molecule has 3 aromatic rings. The van der Waals surface area contributed by atoms with Crippen LogP contribution in [0.5, 0.6) is 5.75 Å². The highest BCUT2D eigenvalue weighted by molar-refractivity contribution is 7.50. The number of para-hydroxylation sites is 1. The summed E-state index contributed by atoms with van der Waals surface area (Å²) in [6, 6.07) is 7.76. The molecule has 12 nitrogen and oxygen atoms in total. The van der Waals surface area contributed by atoms with E-state index in [2.05, 4.69) is 15.0 Å². The van der Waals surface area contributed by atoms with Crippen LogP contribution in [0, 0.1) is 0 Å². The van der Waals surface area contributed by atoms with Crippen molar-refractivity contribution in [2.45, 2.75) is 78.7 Å². The van der Waals surface area contributed by atoms with Gasteiger partial charge in [0.05, 0.1) is 37.2 Å². The number of hydrogen-bond donors (Lipinski definition) is 2. The molecule has 0 bridgehead atoms. The Morgan fingerprint density at radius 2 is 1.68 bits per heavy atom. The van der Waals surface area contributed by atoms with Crippen molar-refractivity contribution in [2.75, 3.05) is 12.5 Å². The number of hydrogen-bond acceptors (Lipinski definition) is 9. The van der Waals surface area contributed by atoms with Gasteiger partial charge in [0.25, 0.3) is 0 Å². The van der Waals surface area contributed by atoms with Gasteiger partial charge in [0, 0.05) is 0 Å². The van der Waals surface area contributed by atoms with E-state index in [0.29, 0.717) is 17.7 Å². The third-order valence-corrected chi connectivity index (χ3v) is 6.92. The van der Waals surface area contributed by atoms with E-state index >= 15 is 0 Å². The Balaban J connectivity index is 1.80. The number of nitrogens with two attached hydrogens (primary N) is 1. The summed E-state index contributed by atoms with van der Waals surface area (Å²) in [5.41, 5.74) is 6.95. The van der Waals surface area contributed by atoms with E-state index in [0.717, 1.165) is 0 Å². The second-order valence-corrected chi connectivity index (χ2v) is 10.9. The number of anilines is 1. The highest BCUT2D eigenvalue weighted by Gasteiger charge is 2.40. The van der Waals surface area contributed by atoms with E-state index in [4.69, 9.17) is 24.5 Å². The Kier molecular flexibility index (Phi) is 10.00. The molecule has 2 aromatic heterocycles. The number of rotatable bonds is 14. The summed E-state index contributed by atoms with van der Waals surface area (Å²) in [5.74, 6) is 0.546. The maximum Gasteiger partial charge on any atom is 0.461 e. The lowest BCUT2D eigenvalue weighted by atomic mass is 10.3. The number of imidazole rings is 1. The minimum Gasteiger partial charge on any atom is -0.413 e. The number of ether oxygens (including phenoxy) is 3. The van der Waals surface area contributed by atoms with Crippen LogP contribution in [0.2, 0.25) is 0 Å². The molecule has 37 heavy (non-hydrogen) atoms. The van der Waals surface area contributed by atoms with Crippen LogP contribution >= 0.6 is 7.75 Å². The van der Waals surface area contributed by atoms with Gasteiger partial charge in [-0.3, -0.25) is 0 Å². The molecule has 3 atom stereocenters. The molecular weight excluding hydrogens is 499 g/mol. The van der Waals surface area contributed by atoms with E-state index in [-0.39, 0.29) is 30.5 Å². The zero-order valence-corrected chi connectivity index (χ0v) is 23.0. The molecule has 0 amide bonds. The monoisotopic (exact) mass is 536 g/mol. The van der Waals surface area contributed by atoms with Crippen LogP contribution in [0.4, 0.5) is 5.82 Å². The molecule has 0 aliphatic heterocycles. The van der Waals surface area contributed by atoms with Crippen molar-refractivity contribution in [3.05, 3.63) is 43.0 Å². The zero-order valence-electron chi connectivity index (χ0n) is 22.1. The molecule has 204 valence electrons. The summed E-state index contributed by atoms with van der Waals surface area (Å²) in [4.78, 5) is 23.5. The van der Waals surface area contributed by atoms with Gasteiger partial charge in [-0.05, 0) is 53.7 Å². The minimum atomic E-state index is -4.40. The van der Waals surface area contributed by atoms with Gasteiger partial charge in [-0.15, -0.1) is 0 Å². The van der Waals surface area contributed by atoms with Gasteiger partial charge in [0.1, 0.15) is 24.3 Å². The van der Waals surface area contributed by atoms with Crippen molar-refractivity contribution in [3.63, 3.8) is 0 Å². The van der Waals surface area contributed by atoms with E-state index in [1.165, 1.54) is 11.0 Å². The van der Waals surface area contributed by atoms with Crippen molar-refractivity contribution < 1.29 is 28.2 Å². The lowest BCUT2D eigenvalue weighted by molar-refractivity contribution is -0.208. The molecule has 3 rings (SSSR count). The van der Waals surface area contributed by atoms with E-state index in [1.807, 2.05) is 34.6 Å². The molecular formula is C24H37N6O6P. The summed E-state index contributed by atoms with van der Waals surface area (Å²) in [6.07, 6.45) is 1.42. The lowest BCUT2D eigenvalue weighted by Gasteiger charge is -2.37. The van der Waals surface area contributed by atoms with Gasteiger partial charge in [0.15, 0.2) is 17.8 Å². The molecule has 3 N–H and O–H groups in total. The van der Waals surface area contributed by atoms with Crippen LogP contribution in [-0.4, -0.2) is 66.5 Å². The van der Waals surface area contributed by atoms with Crippen molar-refractivity contribution >= 4 is 24.7 Å². The Labute approximate surface area is 217 Å². The third kappa shape index (κ3) is 7.94. The molecule has 0 radical (unpaired) electrons. The quantitative estimate of drug-likeness (QED) is 0.229. The maximum absolute atomic E-state index is 13.6. The van der Waals surface area contributed by atoms with Gasteiger partial charge < -0.3 is 33.9 Å². The fourth-order valence-corrected chi connectivity index (χ4v) is 4.88. The second kappa shape index (κ2) is 12.8. The molecule has 0 aliphatic carbocycles. The smallest absolute Gasteiger partial charge is 0.413 e. The number of nitrogens with zero attached hydrogens (tertiary/aromatic N) is 5. The Bertz CT molecular complexity index is 1170. The molecule has 13 heteroatoms. The molecule has 0 spiro atoms. The lowest BCUT2D eigenvalue weighted by Crippen LogP contribution is -2.46. The van der Waals surface area contributed by atoms with Crippen LogP contribution in [0.1, 0.15) is 41.5 Å². The van der Waals surface area contributed by atoms with E-state index in [1.54, 1.807) is 48.1 Å². The minimum absolute atomic E-state index is 0.176. The van der Waals surface area contributed by atoms with Crippen LogP contribution < -0.4 is 10.3 Å². The maximum atomic E-state index is 13.6. The highest BCUT2D eigenvalue weighted by atomic mass is 31.2. The van der Waals surface area contributed by atoms with Gasteiger partial charge in [-0.1, -0.05) is 18.2 Å². The van der Waals surface area contributed by atoms with Gasteiger partial charge in [-0.25, -0.2) is 19.5 Å². The fraction of sp³-hybridized carbons (Fsp3) is 0.542. The Hall–Kier alpha value is -2.60. The average Bonchev–Trinajstić information content (AvgIpc) is 3.22. The molecule has 2 heterocycles. The predicted octanol–water partition coefficient (Wildman–Crippen LogP) is 3.82. The summed E-state index contributed by atoms with van der Waals surface area (Å²) >= 11 is 0. The number of fused-ring (bicyclic) bond motifs is 1. The molecule has 0 fully saturated rings. The first-order valence-corrected chi connectivity index (χ1v) is 13.7. The Morgan fingerprint density at radius 1 is 1.03 bits per heavy atom. The number of aromatic nitrogens is 4. The SMILES string of the molecule is CC(C)OC(OC(C)C)[C@H](C)N(CO[C@H](C)Cn1cnc2c(N)ncnc21)P(=O)(O)Oc1ccccc1. The fourth-order valence-electron chi connectivity index (χ4n) is 3.59. The predicted molar refractivity (Wildman–Crippen MR) is 140 cm³/mol. The van der Waals surface area contributed by atoms with Crippen LogP contribution in [0.25, 0.3) is 11.2 Å². The molecule has 0 aliphatic rings. The Morgan fingerprint density at radius 3 is 2.30 bits per heavy atom. The first kappa shape index (κ1) is 29.0.